The second kappa shape index (κ2) is 7.42. The largest absolute Gasteiger partial charge is 0.380 e. The van der Waals surface area contributed by atoms with Crippen LogP contribution in [-0.4, -0.2) is 25.7 Å². The summed E-state index contributed by atoms with van der Waals surface area (Å²) in [6, 6.07) is 4.16. The zero-order chi connectivity index (χ0) is 12.7. The van der Waals surface area contributed by atoms with Crippen LogP contribution in [0.1, 0.15) is 23.1 Å². The Bertz CT molecular complexity index is 348. The summed E-state index contributed by atoms with van der Waals surface area (Å²) in [7, 11) is 1.57. The maximum Gasteiger partial charge on any atom is 0.222 e. The first-order chi connectivity index (χ1) is 8.19. The van der Waals surface area contributed by atoms with Crippen LogP contribution >= 0.6 is 11.3 Å². The van der Waals surface area contributed by atoms with Gasteiger partial charge in [-0.05, 0) is 18.6 Å². The van der Waals surface area contributed by atoms with Crippen molar-refractivity contribution in [3.05, 3.63) is 21.9 Å². The Morgan fingerprint density at radius 3 is 2.76 bits per heavy atom. The number of thiophene rings is 1. The SMILES string of the molecule is CCc1ccc(CNC(=O)CC(CN)OC)s1. The summed E-state index contributed by atoms with van der Waals surface area (Å²) in [6.45, 7) is 3.08. The Balaban J connectivity index is 2.32. The third kappa shape index (κ3) is 4.85. The van der Waals surface area contributed by atoms with Crippen LogP contribution in [0, 0.1) is 0 Å². The van der Waals surface area contributed by atoms with E-state index in [1.54, 1.807) is 18.4 Å². The Labute approximate surface area is 106 Å². The fourth-order valence-electron chi connectivity index (χ4n) is 1.43. The first-order valence-electron chi connectivity index (χ1n) is 5.76. The molecule has 0 aliphatic carbocycles. The van der Waals surface area contributed by atoms with Gasteiger partial charge in [0.05, 0.1) is 19.1 Å². The molecule has 96 valence electrons. The number of amides is 1. The number of hydrogen-bond acceptors (Lipinski definition) is 4. The number of methoxy groups -OCH3 is 1. The lowest BCUT2D eigenvalue weighted by molar-refractivity contribution is -0.123. The van der Waals surface area contributed by atoms with Crippen LogP contribution < -0.4 is 11.1 Å². The highest BCUT2D eigenvalue weighted by Gasteiger charge is 2.11. The normalized spacial score (nSPS) is 12.4. The summed E-state index contributed by atoms with van der Waals surface area (Å²) in [5.74, 6) is -0.0197. The molecule has 0 fully saturated rings. The number of ether oxygens (including phenoxy) is 1. The van der Waals surface area contributed by atoms with Crippen molar-refractivity contribution in [2.45, 2.75) is 32.4 Å². The summed E-state index contributed by atoms with van der Waals surface area (Å²) in [5, 5.41) is 2.87. The number of rotatable bonds is 7. The molecule has 5 heteroatoms. The average molecular weight is 256 g/mol. The molecule has 4 nitrogen and oxygen atoms in total. The minimum Gasteiger partial charge on any atom is -0.380 e. The van der Waals surface area contributed by atoms with Gasteiger partial charge in [0.2, 0.25) is 5.91 Å². The summed E-state index contributed by atoms with van der Waals surface area (Å²) in [6.07, 6.45) is 1.17. The quantitative estimate of drug-likeness (QED) is 0.772. The lowest BCUT2D eigenvalue weighted by atomic mass is 10.2. The molecule has 0 aliphatic heterocycles. The zero-order valence-electron chi connectivity index (χ0n) is 10.4. The zero-order valence-corrected chi connectivity index (χ0v) is 11.2. The summed E-state index contributed by atoms with van der Waals surface area (Å²) in [4.78, 5) is 14.1. The number of nitrogens with one attached hydrogen (secondary N) is 1. The molecule has 1 rings (SSSR count). The van der Waals surface area contributed by atoms with Crippen molar-refractivity contribution in [1.82, 2.24) is 5.32 Å². The molecule has 1 amide bonds. The molecule has 1 aromatic rings. The van der Waals surface area contributed by atoms with Gasteiger partial charge in [-0.15, -0.1) is 11.3 Å². The van der Waals surface area contributed by atoms with E-state index in [-0.39, 0.29) is 12.0 Å². The highest BCUT2D eigenvalue weighted by molar-refractivity contribution is 7.11. The van der Waals surface area contributed by atoms with E-state index in [0.717, 1.165) is 6.42 Å². The highest BCUT2D eigenvalue weighted by atomic mass is 32.1. The molecule has 0 radical (unpaired) electrons. The molecule has 1 atom stereocenters. The van der Waals surface area contributed by atoms with E-state index < -0.39 is 0 Å². The second-order valence-corrected chi connectivity index (χ2v) is 5.05. The van der Waals surface area contributed by atoms with Crippen molar-refractivity contribution in [2.24, 2.45) is 5.73 Å². The van der Waals surface area contributed by atoms with E-state index in [4.69, 9.17) is 10.5 Å². The molecular formula is C12H20N2O2S. The van der Waals surface area contributed by atoms with Gasteiger partial charge in [-0.3, -0.25) is 4.79 Å². The van der Waals surface area contributed by atoms with E-state index in [9.17, 15) is 4.79 Å². The molecule has 17 heavy (non-hydrogen) atoms. The number of hydrogen-bond donors (Lipinski definition) is 2. The fraction of sp³-hybridized carbons (Fsp3) is 0.583. The third-order valence-corrected chi connectivity index (χ3v) is 3.76. The molecular weight excluding hydrogens is 236 g/mol. The van der Waals surface area contributed by atoms with Gasteiger partial charge in [-0.1, -0.05) is 6.92 Å². The van der Waals surface area contributed by atoms with Crippen LogP contribution in [0.25, 0.3) is 0 Å². The monoisotopic (exact) mass is 256 g/mol. The van der Waals surface area contributed by atoms with Gasteiger partial charge in [0.15, 0.2) is 0 Å². The summed E-state index contributed by atoms with van der Waals surface area (Å²) >= 11 is 1.73. The predicted molar refractivity (Wildman–Crippen MR) is 70.0 cm³/mol. The standard InChI is InChI=1S/C12H20N2O2S/c1-3-10-4-5-11(17-10)8-14-12(15)6-9(7-13)16-2/h4-5,9H,3,6-8,13H2,1-2H3,(H,14,15). The molecule has 0 saturated heterocycles. The van der Waals surface area contributed by atoms with Gasteiger partial charge in [0.1, 0.15) is 0 Å². The van der Waals surface area contributed by atoms with E-state index >= 15 is 0 Å². The van der Waals surface area contributed by atoms with Crippen molar-refractivity contribution in [2.75, 3.05) is 13.7 Å². The Hall–Kier alpha value is -0.910. The van der Waals surface area contributed by atoms with Crippen LogP contribution in [0.5, 0.6) is 0 Å². The lowest BCUT2D eigenvalue weighted by Gasteiger charge is -2.12. The molecule has 0 aliphatic rings. The van der Waals surface area contributed by atoms with Crippen LogP contribution in [-0.2, 0) is 22.5 Å². The first-order valence-corrected chi connectivity index (χ1v) is 6.58. The molecule has 0 aromatic carbocycles. The van der Waals surface area contributed by atoms with Crippen LogP contribution in [0.15, 0.2) is 12.1 Å². The van der Waals surface area contributed by atoms with Crippen molar-refractivity contribution in [3.8, 4) is 0 Å². The smallest absolute Gasteiger partial charge is 0.222 e. The van der Waals surface area contributed by atoms with Gasteiger partial charge in [0.25, 0.3) is 0 Å². The van der Waals surface area contributed by atoms with Gasteiger partial charge in [-0.25, -0.2) is 0 Å². The van der Waals surface area contributed by atoms with Gasteiger partial charge in [0, 0.05) is 23.4 Å². The molecule has 3 N–H and O–H groups in total. The maximum atomic E-state index is 11.6. The van der Waals surface area contributed by atoms with E-state index in [1.807, 2.05) is 0 Å². The maximum absolute atomic E-state index is 11.6. The molecule has 1 aromatic heterocycles. The fourth-order valence-corrected chi connectivity index (χ4v) is 2.33. The number of carbonyl (C=O) groups excluding carboxylic acids is 1. The molecule has 1 unspecified atom stereocenters. The van der Waals surface area contributed by atoms with Gasteiger partial charge in [-0.2, -0.15) is 0 Å². The molecule has 0 saturated carbocycles. The van der Waals surface area contributed by atoms with Gasteiger partial charge >= 0.3 is 0 Å². The summed E-state index contributed by atoms with van der Waals surface area (Å²) < 4.78 is 5.06. The van der Waals surface area contributed by atoms with E-state index in [2.05, 4.69) is 24.4 Å². The highest BCUT2D eigenvalue weighted by Crippen LogP contribution is 2.16. The Morgan fingerprint density at radius 1 is 1.53 bits per heavy atom. The van der Waals surface area contributed by atoms with E-state index in [1.165, 1.54) is 9.75 Å². The second-order valence-electron chi connectivity index (χ2n) is 3.80. The minimum atomic E-state index is -0.190. The van der Waals surface area contributed by atoms with Crippen LogP contribution in [0.2, 0.25) is 0 Å². The molecule has 0 bridgehead atoms. The molecule has 0 spiro atoms. The van der Waals surface area contributed by atoms with Crippen molar-refractivity contribution < 1.29 is 9.53 Å². The third-order valence-electron chi connectivity index (χ3n) is 2.53. The summed E-state index contributed by atoms with van der Waals surface area (Å²) in [5.41, 5.74) is 5.46. The minimum absolute atomic E-state index is 0.0197. The number of aryl methyl sites for hydroxylation is 1. The number of carbonyl (C=O) groups is 1. The molecule has 1 heterocycles. The first kappa shape index (κ1) is 14.2. The average Bonchev–Trinajstić information content (AvgIpc) is 2.81. The van der Waals surface area contributed by atoms with E-state index in [0.29, 0.717) is 19.5 Å². The van der Waals surface area contributed by atoms with Gasteiger partial charge < -0.3 is 15.8 Å². The van der Waals surface area contributed by atoms with Crippen molar-refractivity contribution in [3.63, 3.8) is 0 Å². The number of nitrogens with two attached hydrogens (primary N) is 1. The topological polar surface area (TPSA) is 64.4 Å². The predicted octanol–water partition coefficient (Wildman–Crippen LogP) is 1.29. The van der Waals surface area contributed by atoms with Crippen LogP contribution in [0.4, 0.5) is 0 Å². The Morgan fingerprint density at radius 2 is 2.24 bits per heavy atom. The Kier molecular flexibility index (Phi) is 6.18. The van der Waals surface area contributed by atoms with Crippen molar-refractivity contribution >= 4 is 17.2 Å². The van der Waals surface area contributed by atoms with Crippen molar-refractivity contribution in [1.29, 1.82) is 0 Å². The lowest BCUT2D eigenvalue weighted by Crippen LogP contribution is -2.31. The van der Waals surface area contributed by atoms with Crippen LogP contribution in [0.3, 0.4) is 0 Å².